The molecule has 0 atom stereocenters. The molecule has 0 fully saturated rings. The van der Waals surface area contributed by atoms with Crippen LogP contribution < -0.4 is 16.3 Å². The van der Waals surface area contributed by atoms with Crippen LogP contribution in [0.4, 0.5) is 15.8 Å². The van der Waals surface area contributed by atoms with Crippen molar-refractivity contribution in [1.82, 2.24) is 11.0 Å². The van der Waals surface area contributed by atoms with Crippen LogP contribution in [0.5, 0.6) is 0 Å². The first-order chi connectivity index (χ1) is 13.9. The summed E-state index contributed by atoms with van der Waals surface area (Å²) < 4.78 is 14.1. The molecule has 0 aromatic heterocycles. The van der Waals surface area contributed by atoms with Crippen molar-refractivity contribution in [3.05, 3.63) is 58.9 Å². The number of rotatable bonds is 7. The van der Waals surface area contributed by atoms with Crippen molar-refractivity contribution in [3.63, 3.8) is 0 Å². The zero-order chi connectivity index (χ0) is 21.8. The highest BCUT2D eigenvalue weighted by Gasteiger charge is 2.14. The number of halogens is 1. The number of hydrogen-bond donors (Lipinski definition) is 4. The molecule has 0 aliphatic carbocycles. The monoisotopic (exact) mass is 402 g/mol. The maximum atomic E-state index is 14.1. The number of benzene rings is 2. The number of nitrogens with zero attached hydrogens (tertiary/aromatic N) is 1. The topological polar surface area (TPSA) is 123 Å². The number of anilines is 2. The Bertz CT molecular complexity index is 897. The Hall–Kier alpha value is -3.48. The first-order valence-electron chi connectivity index (χ1n) is 8.87. The average molecular weight is 402 g/mol. The fourth-order valence-electron chi connectivity index (χ4n) is 2.15. The highest BCUT2D eigenvalue weighted by Crippen LogP contribution is 2.25. The minimum absolute atomic E-state index is 0.112. The van der Waals surface area contributed by atoms with Crippen molar-refractivity contribution in [2.75, 3.05) is 11.9 Å². The molecule has 29 heavy (non-hydrogen) atoms. The maximum Gasteiger partial charge on any atom is 0.276 e. The van der Waals surface area contributed by atoms with Crippen LogP contribution >= 0.6 is 0 Å². The third kappa shape index (κ3) is 7.21. The fourth-order valence-corrected chi connectivity index (χ4v) is 2.15. The van der Waals surface area contributed by atoms with E-state index in [1.54, 1.807) is 13.0 Å². The lowest BCUT2D eigenvalue weighted by molar-refractivity contribution is -0.130. The second kappa shape index (κ2) is 12.1. The first-order valence-corrected chi connectivity index (χ1v) is 8.87. The lowest BCUT2D eigenvalue weighted by Crippen LogP contribution is -2.27. The van der Waals surface area contributed by atoms with Gasteiger partial charge in [0, 0.05) is 0 Å². The molecule has 0 aliphatic heterocycles. The van der Waals surface area contributed by atoms with Crippen LogP contribution in [-0.4, -0.2) is 23.6 Å². The van der Waals surface area contributed by atoms with Crippen LogP contribution in [0, 0.1) is 24.1 Å². The van der Waals surface area contributed by atoms with Crippen molar-refractivity contribution in [1.29, 1.82) is 5.26 Å². The molecule has 0 radical (unpaired) electrons. The van der Waals surface area contributed by atoms with Crippen molar-refractivity contribution in [2.24, 2.45) is 0 Å². The van der Waals surface area contributed by atoms with Gasteiger partial charge in [0.25, 0.3) is 5.91 Å². The smallest absolute Gasteiger partial charge is 0.276 e. The molecule has 154 valence electrons. The fraction of sp³-hybridized carbons (Fsp3) is 0.250. The van der Waals surface area contributed by atoms with E-state index in [1.165, 1.54) is 35.8 Å². The zero-order valence-corrected chi connectivity index (χ0v) is 16.4. The van der Waals surface area contributed by atoms with Gasteiger partial charge in [0.1, 0.15) is 5.82 Å². The van der Waals surface area contributed by atoms with Gasteiger partial charge in [0.15, 0.2) is 0 Å². The lowest BCUT2D eigenvalue weighted by atomic mass is 10.1. The summed E-state index contributed by atoms with van der Waals surface area (Å²) in [5.74, 6) is -1.83. The summed E-state index contributed by atoms with van der Waals surface area (Å²) in [6, 6.07) is 10.8. The molecule has 2 aromatic rings. The average Bonchev–Trinajstić information content (AvgIpc) is 2.74. The maximum absolute atomic E-state index is 14.1. The molecular formula is C20H23FN4O4. The van der Waals surface area contributed by atoms with E-state index in [1.807, 2.05) is 19.9 Å². The van der Waals surface area contributed by atoms with E-state index in [-0.39, 0.29) is 35.5 Å². The van der Waals surface area contributed by atoms with Gasteiger partial charge in [0.05, 0.1) is 41.6 Å². The van der Waals surface area contributed by atoms with Crippen LogP contribution in [0.1, 0.15) is 41.8 Å². The van der Waals surface area contributed by atoms with Gasteiger partial charge in [0.2, 0.25) is 5.91 Å². The summed E-state index contributed by atoms with van der Waals surface area (Å²) in [4.78, 5) is 28.1. The van der Waals surface area contributed by atoms with Crippen LogP contribution in [0.15, 0.2) is 36.4 Å². The molecule has 0 spiro atoms. The van der Waals surface area contributed by atoms with E-state index in [2.05, 4.69) is 10.8 Å². The Morgan fingerprint density at radius 2 is 1.90 bits per heavy atom. The van der Waals surface area contributed by atoms with Crippen LogP contribution in [0.2, 0.25) is 0 Å². The summed E-state index contributed by atoms with van der Waals surface area (Å²) in [6.07, 6.45) is -0.163. The Labute approximate surface area is 168 Å². The molecule has 4 N–H and O–H groups in total. The second-order valence-electron chi connectivity index (χ2n) is 5.55. The highest BCUT2D eigenvalue weighted by atomic mass is 19.1. The molecule has 0 unspecified atom stereocenters. The van der Waals surface area contributed by atoms with Crippen molar-refractivity contribution in [3.8, 4) is 6.07 Å². The summed E-state index contributed by atoms with van der Waals surface area (Å²) in [7, 11) is 0. The molecular weight excluding hydrogens is 379 g/mol. The number of nitrogens with one attached hydrogen (secondary N) is 3. The van der Waals surface area contributed by atoms with Gasteiger partial charge >= 0.3 is 0 Å². The Balaban J connectivity index is 0.00000204. The first kappa shape index (κ1) is 23.6. The summed E-state index contributed by atoms with van der Waals surface area (Å²) in [5.41, 5.74) is 5.07. The van der Waals surface area contributed by atoms with Gasteiger partial charge in [-0.1, -0.05) is 19.9 Å². The standard InChI is InChI=1S/C18H17FN4O4.C2H6/c1-11-2-5-15(14(19)8-11)21-16-9-12(10-20)3-4-13(16)18(25)23-27-7-6-17(24)22-26;1-2/h2-5,8-9,21,26H,6-7H2,1H3,(H,22,24)(H,23,25);1-2H3. The number of aryl methyl sites for hydroxylation is 1. The third-order valence-corrected chi connectivity index (χ3v) is 3.51. The normalized spacial score (nSPS) is 9.52. The molecule has 0 saturated carbocycles. The number of carbonyl (C=O) groups is 2. The number of amides is 2. The van der Waals surface area contributed by atoms with Gasteiger partial charge in [-0.3, -0.25) is 19.6 Å². The van der Waals surface area contributed by atoms with E-state index in [0.29, 0.717) is 0 Å². The minimum Gasteiger partial charge on any atom is -0.352 e. The molecule has 8 nitrogen and oxygen atoms in total. The van der Waals surface area contributed by atoms with E-state index in [0.717, 1.165) is 5.56 Å². The third-order valence-electron chi connectivity index (χ3n) is 3.51. The van der Waals surface area contributed by atoms with Gasteiger partial charge in [-0.15, -0.1) is 0 Å². The summed E-state index contributed by atoms with van der Waals surface area (Å²) in [6.45, 7) is 5.58. The molecule has 0 bridgehead atoms. The lowest BCUT2D eigenvalue weighted by Gasteiger charge is -2.13. The molecule has 2 aromatic carbocycles. The molecule has 0 saturated heterocycles. The van der Waals surface area contributed by atoms with E-state index in [9.17, 15) is 14.0 Å². The SMILES string of the molecule is CC.Cc1ccc(Nc2cc(C#N)ccc2C(=O)NOCCC(=O)NO)c(F)c1. The van der Waals surface area contributed by atoms with Crippen molar-refractivity contribution >= 4 is 23.2 Å². The van der Waals surface area contributed by atoms with Gasteiger partial charge in [-0.2, -0.15) is 5.26 Å². The number of nitriles is 1. The van der Waals surface area contributed by atoms with Gasteiger partial charge < -0.3 is 5.32 Å². The largest absolute Gasteiger partial charge is 0.352 e. The number of hydrogen-bond acceptors (Lipinski definition) is 6. The molecule has 0 aliphatic rings. The minimum atomic E-state index is -0.667. The highest BCUT2D eigenvalue weighted by molar-refractivity contribution is 6.00. The van der Waals surface area contributed by atoms with Crippen molar-refractivity contribution < 1.29 is 24.0 Å². The second-order valence-corrected chi connectivity index (χ2v) is 5.55. The predicted molar refractivity (Wildman–Crippen MR) is 105 cm³/mol. The van der Waals surface area contributed by atoms with Gasteiger partial charge in [-0.25, -0.2) is 15.4 Å². The van der Waals surface area contributed by atoms with E-state index < -0.39 is 17.6 Å². The molecule has 0 heterocycles. The molecule has 2 rings (SSSR count). The Morgan fingerprint density at radius 1 is 1.17 bits per heavy atom. The van der Waals surface area contributed by atoms with E-state index in [4.69, 9.17) is 15.3 Å². The number of carbonyl (C=O) groups excluding carboxylic acids is 2. The predicted octanol–water partition coefficient (Wildman–Crippen LogP) is 3.33. The molecule has 2 amide bonds. The van der Waals surface area contributed by atoms with E-state index >= 15 is 0 Å². The van der Waals surface area contributed by atoms with Gasteiger partial charge in [-0.05, 0) is 42.8 Å². The van der Waals surface area contributed by atoms with Crippen LogP contribution in [0.3, 0.4) is 0 Å². The Kier molecular flexibility index (Phi) is 9.81. The van der Waals surface area contributed by atoms with Crippen LogP contribution in [0.25, 0.3) is 0 Å². The number of hydroxylamine groups is 2. The molecule has 9 heteroatoms. The zero-order valence-electron chi connectivity index (χ0n) is 16.4. The quantitative estimate of drug-likeness (QED) is 0.320. The summed E-state index contributed by atoms with van der Waals surface area (Å²) >= 11 is 0. The van der Waals surface area contributed by atoms with Crippen LogP contribution in [-0.2, 0) is 9.63 Å². The summed E-state index contributed by atoms with van der Waals surface area (Å²) in [5, 5.41) is 20.2. The Morgan fingerprint density at radius 3 is 2.52 bits per heavy atom. The van der Waals surface area contributed by atoms with Crippen molar-refractivity contribution in [2.45, 2.75) is 27.2 Å².